The molecule has 1 aromatic rings. The summed E-state index contributed by atoms with van der Waals surface area (Å²) in [5, 5.41) is 0.129. The monoisotopic (exact) mass is 273 g/mol. The molecule has 0 saturated carbocycles. The van der Waals surface area contributed by atoms with E-state index in [0.29, 0.717) is 6.42 Å². The third-order valence-corrected chi connectivity index (χ3v) is 3.24. The zero-order valence-electron chi connectivity index (χ0n) is 11.3. The first-order chi connectivity index (χ1) is 8.25. The molecule has 18 heavy (non-hydrogen) atoms. The topological polar surface area (TPSA) is 35.2 Å². The summed E-state index contributed by atoms with van der Waals surface area (Å²) in [6.45, 7) is 6.25. The molecule has 2 atom stereocenters. The highest BCUT2D eigenvalue weighted by molar-refractivity contribution is 6.30. The third kappa shape index (κ3) is 3.94. The first-order valence-corrected chi connectivity index (χ1v) is 6.36. The van der Waals surface area contributed by atoms with Gasteiger partial charge in [0.1, 0.15) is 5.82 Å². The molecule has 102 valence electrons. The Kier molecular flexibility index (Phi) is 5.14. The van der Waals surface area contributed by atoms with Crippen LogP contribution in [0.1, 0.15) is 26.3 Å². The summed E-state index contributed by atoms with van der Waals surface area (Å²) in [7, 11) is 1.66. The van der Waals surface area contributed by atoms with Gasteiger partial charge in [0, 0.05) is 13.2 Å². The van der Waals surface area contributed by atoms with Crippen LogP contribution < -0.4 is 5.73 Å². The Hall–Kier alpha value is -0.640. The highest BCUT2D eigenvalue weighted by Gasteiger charge is 2.30. The lowest BCUT2D eigenvalue weighted by molar-refractivity contribution is -0.00165. The van der Waals surface area contributed by atoms with Crippen LogP contribution in [-0.2, 0) is 11.2 Å². The van der Waals surface area contributed by atoms with E-state index >= 15 is 0 Å². The van der Waals surface area contributed by atoms with E-state index in [0.717, 1.165) is 5.56 Å². The lowest BCUT2D eigenvalue weighted by Crippen LogP contribution is -2.46. The molecular weight excluding hydrogens is 253 g/mol. The Labute approximate surface area is 113 Å². The van der Waals surface area contributed by atoms with Crippen molar-refractivity contribution in [2.24, 2.45) is 11.1 Å². The second kappa shape index (κ2) is 6.00. The molecule has 2 unspecified atom stereocenters. The average Bonchev–Trinajstić information content (AvgIpc) is 2.22. The van der Waals surface area contributed by atoms with Crippen LogP contribution in [0, 0.1) is 11.2 Å². The first kappa shape index (κ1) is 15.4. The molecule has 0 spiro atoms. The summed E-state index contributed by atoms with van der Waals surface area (Å²) in [6, 6.07) is 4.53. The number of ether oxygens (including phenoxy) is 1. The fraction of sp³-hybridized carbons (Fsp3) is 0.571. The quantitative estimate of drug-likeness (QED) is 0.912. The maximum atomic E-state index is 13.1. The van der Waals surface area contributed by atoms with Gasteiger partial charge in [-0.3, -0.25) is 0 Å². The van der Waals surface area contributed by atoms with Gasteiger partial charge in [-0.1, -0.05) is 38.4 Å². The van der Waals surface area contributed by atoms with Crippen LogP contribution >= 0.6 is 11.6 Å². The van der Waals surface area contributed by atoms with Gasteiger partial charge in [0.15, 0.2) is 0 Å². The zero-order valence-corrected chi connectivity index (χ0v) is 12.1. The second-order valence-electron chi connectivity index (χ2n) is 5.64. The average molecular weight is 274 g/mol. The Balaban J connectivity index is 2.80. The van der Waals surface area contributed by atoms with Crippen LogP contribution in [0.2, 0.25) is 5.02 Å². The number of methoxy groups -OCH3 is 1. The number of hydrogen-bond acceptors (Lipinski definition) is 2. The minimum absolute atomic E-state index is 0.0437. The molecule has 1 rings (SSSR count). The minimum Gasteiger partial charge on any atom is -0.379 e. The number of hydrogen-bond donors (Lipinski definition) is 1. The van der Waals surface area contributed by atoms with Gasteiger partial charge in [-0.2, -0.15) is 0 Å². The number of halogens is 2. The van der Waals surface area contributed by atoms with Crippen molar-refractivity contribution in [2.75, 3.05) is 7.11 Å². The summed E-state index contributed by atoms with van der Waals surface area (Å²) in [5.41, 5.74) is 7.05. The van der Waals surface area contributed by atoms with E-state index in [1.54, 1.807) is 19.2 Å². The molecule has 2 nitrogen and oxygen atoms in total. The molecule has 2 N–H and O–H groups in total. The number of benzene rings is 1. The van der Waals surface area contributed by atoms with E-state index < -0.39 is 5.82 Å². The third-order valence-electron chi connectivity index (χ3n) is 2.95. The summed E-state index contributed by atoms with van der Waals surface area (Å²) < 4.78 is 18.5. The van der Waals surface area contributed by atoms with Gasteiger partial charge in [0.2, 0.25) is 0 Å². The first-order valence-electron chi connectivity index (χ1n) is 5.98. The Morgan fingerprint density at radius 3 is 2.44 bits per heavy atom. The molecule has 0 aliphatic carbocycles. The fourth-order valence-corrected chi connectivity index (χ4v) is 2.42. The molecule has 0 bridgehead atoms. The number of nitrogens with two attached hydrogens (primary N) is 1. The van der Waals surface area contributed by atoms with Gasteiger partial charge in [-0.15, -0.1) is 0 Å². The van der Waals surface area contributed by atoms with Crippen molar-refractivity contribution in [3.8, 4) is 0 Å². The molecule has 0 aromatic heterocycles. The molecular formula is C14H21ClFNO. The van der Waals surface area contributed by atoms with Crippen LogP contribution in [0.3, 0.4) is 0 Å². The summed E-state index contributed by atoms with van der Waals surface area (Å²) in [5.74, 6) is -0.409. The second-order valence-corrected chi connectivity index (χ2v) is 6.05. The molecule has 0 saturated heterocycles. The van der Waals surface area contributed by atoms with Gasteiger partial charge in [-0.05, 0) is 29.5 Å². The predicted molar refractivity (Wildman–Crippen MR) is 73.3 cm³/mol. The minimum atomic E-state index is -0.409. The van der Waals surface area contributed by atoms with E-state index in [2.05, 4.69) is 20.8 Å². The molecule has 0 fully saturated rings. The Morgan fingerprint density at radius 1 is 1.39 bits per heavy atom. The largest absolute Gasteiger partial charge is 0.379 e. The van der Waals surface area contributed by atoms with Crippen molar-refractivity contribution in [1.29, 1.82) is 0 Å². The fourth-order valence-electron chi connectivity index (χ4n) is 2.22. The predicted octanol–water partition coefficient (Wildman–Crippen LogP) is 3.41. The molecule has 1 aromatic carbocycles. The van der Waals surface area contributed by atoms with E-state index in [1.807, 2.05) is 0 Å². The molecule has 0 aliphatic rings. The molecule has 0 amide bonds. The maximum absolute atomic E-state index is 13.1. The zero-order chi connectivity index (χ0) is 13.9. The molecule has 0 radical (unpaired) electrons. The lowest BCUT2D eigenvalue weighted by Gasteiger charge is -2.34. The lowest BCUT2D eigenvalue weighted by atomic mass is 9.83. The van der Waals surface area contributed by atoms with Crippen LogP contribution in [0.5, 0.6) is 0 Å². The van der Waals surface area contributed by atoms with Crippen molar-refractivity contribution in [3.05, 3.63) is 34.6 Å². The van der Waals surface area contributed by atoms with Gasteiger partial charge >= 0.3 is 0 Å². The standard InChI is InChI=1S/C14H21ClFNO/c1-14(2,3)13(18-4)12(17)8-9-5-6-11(16)10(15)7-9/h5-7,12-13H,8,17H2,1-4H3. The van der Waals surface area contributed by atoms with Gasteiger partial charge in [0.25, 0.3) is 0 Å². The van der Waals surface area contributed by atoms with Crippen molar-refractivity contribution < 1.29 is 9.13 Å². The molecule has 0 heterocycles. The summed E-state index contributed by atoms with van der Waals surface area (Å²) >= 11 is 5.75. The SMILES string of the molecule is COC(C(N)Cc1ccc(F)c(Cl)c1)C(C)(C)C. The van der Waals surface area contributed by atoms with Crippen molar-refractivity contribution in [2.45, 2.75) is 39.3 Å². The van der Waals surface area contributed by atoms with E-state index in [9.17, 15) is 4.39 Å². The maximum Gasteiger partial charge on any atom is 0.141 e. The van der Waals surface area contributed by atoms with Crippen molar-refractivity contribution in [1.82, 2.24) is 0 Å². The highest BCUT2D eigenvalue weighted by atomic mass is 35.5. The van der Waals surface area contributed by atoms with Gasteiger partial charge < -0.3 is 10.5 Å². The van der Waals surface area contributed by atoms with E-state index in [1.165, 1.54) is 6.07 Å². The van der Waals surface area contributed by atoms with Crippen LogP contribution in [-0.4, -0.2) is 19.3 Å². The van der Waals surface area contributed by atoms with Gasteiger partial charge in [-0.25, -0.2) is 4.39 Å². The number of rotatable bonds is 4. The van der Waals surface area contributed by atoms with Gasteiger partial charge in [0.05, 0.1) is 11.1 Å². The highest BCUT2D eigenvalue weighted by Crippen LogP contribution is 2.26. The van der Waals surface area contributed by atoms with Crippen molar-refractivity contribution in [3.63, 3.8) is 0 Å². The van der Waals surface area contributed by atoms with Crippen LogP contribution in [0.4, 0.5) is 4.39 Å². The Bertz CT molecular complexity index is 403. The molecule has 0 aliphatic heterocycles. The van der Waals surface area contributed by atoms with Crippen molar-refractivity contribution >= 4 is 11.6 Å². The van der Waals surface area contributed by atoms with E-state index in [4.69, 9.17) is 22.1 Å². The summed E-state index contributed by atoms with van der Waals surface area (Å²) in [4.78, 5) is 0. The molecule has 4 heteroatoms. The van der Waals surface area contributed by atoms with E-state index in [-0.39, 0.29) is 22.6 Å². The van der Waals surface area contributed by atoms with Crippen LogP contribution in [0.25, 0.3) is 0 Å². The Morgan fingerprint density at radius 2 is 2.00 bits per heavy atom. The summed E-state index contributed by atoms with van der Waals surface area (Å²) in [6.07, 6.45) is 0.539. The van der Waals surface area contributed by atoms with Crippen LogP contribution in [0.15, 0.2) is 18.2 Å². The smallest absolute Gasteiger partial charge is 0.141 e. The normalized spacial score (nSPS) is 15.5.